The average Bonchev–Trinajstić information content (AvgIpc) is 3.36. The summed E-state index contributed by atoms with van der Waals surface area (Å²) in [6.45, 7) is 6.95. The lowest BCUT2D eigenvalue weighted by atomic mass is 10.1. The summed E-state index contributed by atoms with van der Waals surface area (Å²) in [7, 11) is 0. The van der Waals surface area contributed by atoms with E-state index < -0.39 is 0 Å². The maximum absolute atomic E-state index is 5.45. The third-order valence-electron chi connectivity index (χ3n) is 3.93. The van der Waals surface area contributed by atoms with Gasteiger partial charge in [0.2, 0.25) is 0 Å². The summed E-state index contributed by atoms with van der Waals surface area (Å²) in [5.41, 5.74) is 3.55. The second kappa shape index (κ2) is 6.99. The number of hydrogen-bond acceptors (Lipinski definition) is 8. The number of rotatable bonds is 5. The maximum Gasteiger partial charge on any atom is 0.148 e. The molecule has 1 aliphatic heterocycles. The van der Waals surface area contributed by atoms with E-state index in [1.807, 2.05) is 12.1 Å². The Bertz CT molecular complexity index is 842. The molecule has 128 valence electrons. The molecule has 0 unspecified atom stereocenters. The van der Waals surface area contributed by atoms with Gasteiger partial charge in [-0.05, 0) is 6.07 Å². The highest BCUT2D eigenvalue weighted by Gasteiger charge is 2.19. The van der Waals surface area contributed by atoms with Crippen LogP contribution in [-0.2, 0) is 4.74 Å². The Kier molecular flexibility index (Phi) is 4.40. The molecule has 0 amide bonds. The van der Waals surface area contributed by atoms with Crippen molar-refractivity contribution < 1.29 is 4.74 Å². The molecule has 0 radical (unpaired) electrons. The van der Waals surface area contributed by atoms with Gasteiger partial charge >= 0.3 is 0 Å². The van der Waals surface area contributed by atoms with E-state index in [2.05, 4.69) is 37.2 Å². The summed E-state index contributed by atoms with van der Waals surface area (Å²) in [5, 5.41) is 19.2. The summed E-state index contributed by atoms with van der Waals surface area (Å²) in [6, 6.07) is 3.89. The van der Waals surface area contributed by atoms with Gasteiger partial charge in [0.05, 0.1) is 19.4 Å². The summed E-state index contributed by atoms with van der Waals surface area (Å²) in [5.74, 6) is 2.34. The van der Waals surface area contributed by atoms with Crippen LogP contribution in [0.15, 0.2) is 30.4 Å². The number of ether oxygens (including phenoxy) is 1. The predicted molar refractivity (Wildman–Crippen MR) is 98.1 cm³/mol. The Morgan fingerprint density at radius 3 is 2.92 bits per heavy atom. The first-order valence-corrected chi connectivity index (χ1v) is 8.76. The topological polar surface area (TPSA) is 91.8 Å². The molecule has 4 heterocycles. The number of hydrogen-bond donors (Lipinski definition) is 2. The maximum atomic E-state index is 5.45. The zero-order chi connectivity index (χ0) is 17.1. The standard InChI is InChI=1S/C16H17N7OS/c1-2-11-12(16-22-18-10-25-16)9-14(23-5-7-24-8-6-23)20-15(11)19-13-3-4-17-21-13/h2-4,9-10H,1,5-8H2,(H2,17,19,20,21). The van der Waals surface area contributed by atoms with Crippen molar-refractivity contribution in [2.45, 2.75) is 0 Å². The number of anilines is 3. The first-order chi connectivity index (χ1) is 12.3. The van der Waals surface area contributed by atoms with E-state index in [1.165, 1.54) is 11.3 Å². The summed E-state index contributed by atoms with van der Waals surface area (Å²) >= 11 is 1.49. The number of aromatic nitrogens is 5. The fourth-order valence-corrected chi connectivity index (χ4v) is 3.30. The van der Waals surface area contributed by atoms with Crippen LogP contribution in [0.25, 0.3) is 16.6 Å². The Morgan fingerprint density at radius 2 is 2.24 bits per heavy atom. The normalized spacial score (nSPS) is 14.5. The van der Waals surface area contributed by atoms with Gasteiger partial charge in [-0.15, -0.1) is 10.2 Å². The van der Waals surface area contributed by atoms with Gasteiger partial charge in [-0.25, -0.2) is 4.98 Å². The molecule has 25 heavy (non-hydrogen) atoms. The highest BCUT2D eigenvalue weighted by molar-refractivity contribution is 7.12. The highest BCUT2D eigenvalue weighted by atomic mass is 32.1. The molecule has 8 nitrogen and oxygen atoms in total. The second-order valence-corrected chi connectivity index (χ2v) is 6.27. The minimum atomic E-state index is 0.697. The molecule has 9 heteroatoms. The second-order valence-electron chi connectivity index (χ2n) is 5.43. The van der Waals surface area contributed by atoms with E-state index in [0.29, 0.717) is 19.0 Å². The van der Waals surface area contributed by atoms with Crippen molar-refractivity contribution in [3.8, 4) is 10.6 Å². The van der Waals surface area contributed by atoms with Crippen molar-refractivity contribution in [1.82, 2.24) is 25.4 Å². The van der Waals surface area contributed by atoms with Crippen molar-refractivity contribution in [2.75, 3.05) is 36.5 Å². The van der Waals surface area contributed by atoms with Crippen LogP contribution in [0, 0.1) is 0 Å². The fraction of sp³-hybridized carbons (Fsp3) is 0.250. The van der Waals surface area contributed by atoms with Crippen LogP contribution >= 0.6 is 11.3 Å². The van der Waals surface area contributed by atoms with Crippen LogP contribution in [0.1, 0.15) is 5.56 Å². The van der Waals surface area contributed by atoms with Gasteiger partial charge in [-0.3, -0.25) is 5.10 Å². The molecule has 0 atom stereocenters. The van der Waals surface area contributed by atoms with Gasteiger partial charge in [-0.1, -0.05) is 24.0 Å². The quantitative estimate of drug-likeness (QED) is 0.726. The predicted octanol–water partition coefficient (Wildman–Crippen LogP) is 2.55. The van der Waals surface area contributed by atoms with Crippen molar-refractivity contribution in [1.29, 1.82) is 0 Å². The smallest absolute Gasteiger partial charge is 0.148 e. The number of nitrogens with one attached hydrogen (secondary N) is 2. The third kappa shape index (κ3) is 3.24. The lowest BCUT2D eigenvalue weighted by molar-refractivity contribution is 0.122. The number of pyridine rings is 1. The summed E-state index contributed by atoms with van der Waals surface area (Å²) in [6.07, 6.45) is 3.47. The van der Waals surface area contributed by atoms with Crippen LogP contribution in [-0.4, -0.2) is 51.7 Å². The summed E-state index contributed by atoms with van der Waals surface area (Å²) < 4.78 is 5.45. The van der Waals surface area contributed by atoms with Gasteiger partial charge < -0.3 is 15.0 Å². The largest absolute Gasteiger partial charge is 0.378 e. The Labute approximate surface area is 148 Å². The molecule has 0 aliphatic carbocycles. The molecule has 0 aromatic carbocycles. The number of nitrogens with zero attached hydrogens (tertiary/aromatic N) is 5. The van der Waals surface area contributed by atoms with Crippen molar-refractivity contribution in [3.63, 3.8) is 0 Å². The van der Waals surface area contributed by atoms with Crippen molar-refractivity contribution in [3.05, 3.63) is 36.0 Å². The average molecular weight is 355 g/mol. The lowest BCUT2D eigenvalue weighted by Gasteiger charge is -2.29. The van der Waals surface area contributed by atoms with Crippen molar-refractivity contribution in [2.24, 2.45) is 0 Å². The zero-order valence-corrected chi connectivity index (χ0v) is 14.3. The van der Waals surface area contributed by atoms with Crippen LogP contribution in [0.3, 0.4) is 0 Å². The number of H-pyrrole nitrogens is 1. The van der Waals surface area contributed by atoms with E-state index in [-0.39, 0.29) is 0 Å². The number of morpholine rings is 1. The Hall–Kier alpha value is -2.78. The summed E-state index contributed by atoms with van der Waals surface area (Å²) in [4.78, 5) is 7.02. The molecule has 1 fully saturated rings. The molecule has 1 saturated heterocycles. The van der Waals surface area contributed by atoms with Crippen LogP contribution in [0.5, 0.6) is 0 Å². The Balaban J connectivity index is 1.82. The van der Waals surface area contributed by atoms with Gasteiger partial charge in [0.25, 0.3) is 0 Å². The minimum Gasteiger partial charge on any atom is -0.378 e. The first kappa shape index (κ1) is 15.7. The first-order valence-electron chi connectivity index (χ1n) is 7.88. The Morgan fingerprint density at radius 1 is 1.36 bits per heavy atom. The molecule has 3 aromatic heterocycles. The SMILES string of the molecule is C=Cc1c(-c2nncs2)cc(N2CCOCC2)nc1Nc1ccn[nH]1. The van der Waals surface area contributed by atoms with Gasteiger partial charge in [0.1, 0.15) is 28.0 Å². The van der Waals surface area contributed by atoms with Gasteiger partial charge in [0.15, 0.2) is 0 Å². The molecule has 1 aliphatic rings. The van der Waals surface area contributed by atoms with Gasteiger partial charge in [0, 0.05) is 30.3 Å². The highest BCUT2D eigenvalue weighted by Crippen LogP contribution is 2.34. The van der Waals surface area contributed by atoms with E-state index in [4.69, 9.17) is 9.72 Å². The zero-order valence-electron chi connectivity index (χ0n) is 13.5. The van der Waals surface area contributed by atoms with E-state index in [0.717, 1.165) is 40.9 Å². The van der Waals surface area contributed by atoms with E-state index in [1.54, 1.807) is 17.8 Å². The monoisotopic (exact) mass is 355 g/mol. The molecular weight excluding hydrogens is 338 g/mol. The van der Waals surface area contributed by atoms with Crippen LogP contribution in [0.4, 0.5) is 17.5 Å². The molecular formula is C16H17N7OS. The molecule has 3 aromatic rings. The van der Waals surface area contributed by atoms with E-state index in [9.17, 15) is 0 Å². The van der Waals surface area contributed by atoms with Crippen LogP contribution < -0.4 is 10.2 Å². The molecule has 0 bridgehead atoms. The lowest BCUT2D eigenvalue weighted by Crippen LogP contribution is -2.36. The molecule has 2 N–H and O–H groups in total. The third-order valence-corrected chi connectivity index (χ3v) is 4.65. The molecule has 0 spiro atoms. The molecule has 0 saturated carbocycles. The van der Waals surface area contributed by atoms with Crippen molar-refractivity contribution >= 4 is 34.9 Å². The van der Waals surface area contributed by atoms with E-state index >= 15 is 0 Å². The number of aromatic amines is 1. The van der Waals surface area contributed by atoms with Crippen LogP contribution in [0.2, 0.25) is 0 Å². The molecule has 4 rings (SSSR count). The van der Waals surface area contributed by atoms with Gasteiger partial charge in [-0.2, -0.15) is 5.10 Å². The minimum absolute atomic E-state index is 0.697. The fourth-order valence-electron chi connectivity index (χ4n) is 2.72.